The fraction of sp³-hybridized carbons (Fsp3) is 0.158. The minimum absolute atomic E-state index is 0.0138. The lowest BCUT2D eigenvalue weighted by Gasteiger charge is -2.11. The van der Waals surface area contributed by atoms with Crippen LogP contribution in [0.4, 0.5) is 11.4 Å². The summed E-state index contributed by atoms with van der Waals surface area (Å²) in [7, 11) is 1.42. The molecule has 0 aromatic heterocycles. The second-order valence-corrected chi connectivity index (χ2v) is 5.83. The molecule has 0 unspecified atom stereocenters. The number of rotatable bonds is 7. The van der Waals surface area contributed by atoms with Gasteiger partial charge in [0.05, 0.1) is 24.3 Å². The van der Waals surface area contributed by atoms with Crippen molar-refractivity contribution in [3.8, 4) is 11.5 Å². The monoisotopic (exact) mass is 401 g/mol. The molecule has 0 fully saturated rings. The molecule has 9 heteroatoms. The van der Waals surface area contributed by atoms with Gasteiger partial charge in [0.2, 0.25) is 5.91 Å². The summed E-state index contributed by atoms with van der Waals surface area (Å²) in [6.45, 7) is 2.48. The Morgan fingerprint density at radius 2 is 1.96 bits per heavy atom. The Balaban J connectivity index is 1.98. The third-order valence-electron chi connectivity index (χ3n) is 3.50. The van der Waals surface area contributed by atoms with Gasteiger partial charge in [-0.05, 0) is 49.0 Å². The van der Waals surface area contributed by atoms with Crippen LogP contribution in [0.15, 0.2) is 48.5 Å². The van der Waals surface area contributed by atoms with Crippen molar-refractivity contribution in [1.82, 2.24) is 5.32 Å². The first kappa shape index (κ1) is 20.8. The van der Waals surface area contributed by atoms with E-state index < -0.39 is 10.8 Å². The number of hydrogen-bond donors (Lipinski definition) is 2. The van der Waals surface area contributed by atoms with Gasteiger partial charge in [-0.3, -0.25) is 20.2 Å². The quantitative estimate of drug-likeness (QED) is 0.317. The van der Waals surface area contributed by atoms with Gasteiger partial charge < -0.3 is 14.8 Å². The lowest BCUT2D eigenvalue weighted by molar-refractivity contribution is -0.384. The number of nitro groups is 1. The highest BCUT2D eigenvalue weighted by molar-refractivity contribution is 7.80. The summed E-state index contributed by atoms with van der Waals surface area (Å²) in [5, 5.41) is 16.1. The second-order valence-electron chi connectivity index (χ2n) is 5.42. The smallest absolute Gasteiger partial charge is 0.271 e. The van der Waals surface area contributed by atoms with E-state index in [1.165, 1.54) is 31.4 Å². The van der Waals surface area contributed by atoms with Crippen molar-refractivity contribution >= 4 is 40.7 Å². The van der Waals surface area contributed by atoms with Crippen LogP contribution < -0.4 is 20.1 Å². The molecule has 28 heavy (non-hydrogen) atoms. The molecule has 0 heterocycles. The Kier molecular flexibility index (Phi) is 7.46. The summed E-state index contributed by atoms with van der Waals surface area (Å²) in [6, 6.07) is 11.3. The Labute approximate surface area is 167 Å². The highest BCUT2D eigenvalue weighted by atomic mass is 32.1. The van der Waals surface area contributed by atoms with E-state index >= 15 is 0 Å². The highest BCUT2D eigenvalue weighted by Gasteiger charge is 2.13. The normalized spacial score (nSPS) is 10.4. The number of nitrogens with one attached hydrogen (secondary N) is 2. The van der Waals surface area contributed by atoms with Gasteiger partial charge in [-0.15, -0.1) is 0 Å². The molecular weight excluding hydrogens is 382 g/mol. The largest absolute Gasteiger partial charge is 0.495 e. The number of amides is 1. The fourth-order valence-corrected chi connectivity index (χ4v) is 2.44. The maximum Gasteiger partial charge on any atom is 0.271 e. The minimum atomic E-state index is -0.536. The number of benzene rings is 2. The van der Waals surface area contributed by atoms with E-state index in [1.807, 2.05) is 31.2 Å². The lowest BCUT2D eigenvalue weighted by Crippen LogP contribution is -2.32. The van der Waals surface area contributed by atoms with Gasteiger partial charge in [-0.2, -0.15) is 0 Å². The predicted octanol–water partition coefficient (Wildman–Crippen LogP) is 3.53. The number of anilines is 1. The van der Waals surface area contributed by atoms with Crippen molar-refractivity contribution in [3.05, 3.63) is 64.2 Å². The zero-order chi connectivity index (χ0) is 20.5. The molecule has 0 aliphatic heterocycles. The van der Waals surface area contributed by atoms with Crippen molar-refractivity contribution in [2.24, 2.45) is 0 Å². The molecular formula is C19H19N3O5S. The third kappa shape index (κ3) is 6.06. The fourth-order valence-electron chi connectivity index (χ4n) is 2.23. The molecule has 2 rings (SSSR count). The summed E-state index contributed by atoms with van der Waals surface area (Å²) in [4.78, 5) is 22.4. The molecule has 0 bridgehead atoms. The van der Waals surface area contributed by atoms with Gasteiger partial charge in [0.1, 0.15) is 11.5 Å². The van der Waals surface area contributed by atoms with Crippen LogP contribution in [-0.2, 0) is 4.79 Å². The summed E-state index contributed by atoms with van der Waals surface area (Å²) in [5.41, 5.74) is 0.961. The average molecular weight is 401 g/mol. The Morgan fingerprint density at radius 3 is 2.57 bits per heavy atom. The number of nitrogens with zero attached hydrogens (tertiary/aromatic N) is 1. The van der Waals surface area contributed by atoms with Crippen molar-refractivity contribution in [1.29, 1.82) is 0 Å². The van der Waals surface area contributed by atoms with E-state index in [2.05, 4.69) is 10.6 Å². The van der Waals surface area contributed by atoms with E-state index in [0.717, 1.165) is 11.3 Å². The van der Waals surface area contributed by atoms with Gasteiger partial charge in [-0.25, -0.2) is 0 Å². The van der Waals surface area contributed by atoms with Crippen LogP contribution in [0, 0.1) is 10.1 Å². The SMILES string of the molecule is CCOc1ccc(/C=C/C(=O)NC(=S)Nc2cc([N+](=O)[O-])ccc2OC)cc1. The Hall–Kier alpha value is -3.46. The minimum Gasteiger partial charge on any atom is -0.495 e. The standard InChI is InChI=1S/C19H19N3O5S/c1-3-27-15-8-4-13(5-9-15)6-11-18(23)21-19(28)20-16-12-14(22(24)25)7-10-17(16)26-2/h4-12H,3H2,1-2H3,(H2,20,21,23,28)/b11-6+. The summed E-state index contributed by atoms with van der Waals surface area (Å²) < 4.78 is 10.5. The third-order valence-corrected chi connectivity index (χ3v) is 3.70. The first-order valence-electron chi connectivity index (χ1n) is 8.28. The van der Waals surface area contributed by atoms with E-state index in [0.29, 0.717) is 12.4 Å². The molecule has 0 atom stereocenters. The van der Waals surface area contributed by atoms with Crippen molar-refractivity contribution in [3.63, 3.8) is 0 Å². The molecule has 0 spiro atoms. The van der Waals surface area contributed by atoms with Crippen LogP contribution in [-0.4, -0.2) is 29.7 Å². The topological polar surface area (TPSA) is 103 Å². The number of carbonyl (C=O) groups is 1. The number of carbonyl (C=O) groups excluding carboxylic acids is 1. The number of thiocarbonyl (C=S) groups is 1. The molecule has 2 aromatic rings. The molecule has 146 valence electrons. The predicted molar refractivity (Wildman–Crippen MR) is 111 cm³/mol. The van der Waals surface area contributed by atoms with Crippen molar-refractivity contribution in [2.75, 3.05) is 19.0 Å². The molecule has 2 aromatic carbocycles. The van der Waals surface area contributed by atoms with Crippen molar-refractivity contribution in [2.45, 2.75) is 6.92 Å². The van der Waals surface area contributed by atoms with Gasteiger partial charge in [0.15, 0.2) is 5.11 Å². The van der Waals surface area contributed by atoms with Crippen LogP contribution in [0.5, 0.6) is 11.5 Å². The first-order chi connectivity index (χ1) is 13.4. The van der Waals surface area contributed by atoms with Crippen LogP contribution in [0.2, 0.25) is 0 Å². The molecule has 0 saturated heterocycles. The molecule has 8 nitrogen and oxygen atoms in total. The lowest BCUT2D eigenvalue weighted by atomic mass is 10.2. The number of hydrogen-bond acceptors (Lipinski definition) is 6. The summed E-state index contributed by atoms with van der Waals surface area (Å²) in [6.07, 6.45) is 2.95. The molecule has 1 amide bonds. The van der Waals surface area contributed by atoms with Crippen LogP contribution in [0.25, 0.3) is 6.08 Å². The van der Waals surface area contributed by atoms with Gasteiger partial charge in [-0.1, -0.05) is 12.1 Å². The van der Waals surface area contributed by atoms with Crippen molar-refractivity contribution < 1.29 is 19.2 Å². The zero-order valence-corrected chi connectivity index (χ0v) is 16.1. The molecule has 0 radical (unpaired) electrons. The van der Waals surface area contributed by atoms with E-state index in [1.54, 1.807) is 6.08 Å². The van der Waals surface area contributed by atoms with Gasteiger partial charge >= 0.3 is 0 Å². The summed E-state index contributed by atoms with van der Waals surface area (Å²) in [5.74, 6) is 0.656. The van der Waals surface area contributed by atoms with Crippen LogP contribution in [0.3, 0.4) is 0 Å². The maximum absolute atomic E-state index is 12.0. The number of methoxy groups -OCH3 is 1. The van der Waals surface area contributed by atoms with Gasteiger partial charge in [0.25, 0.3) is 5.69 Å². The zero-order valence-electron chi connectivity index (χ0n) is 15.3. The number of non-ortho nitro benzene ring substituents is 1. The molecule has 0 saturated carbocycles. The van der Waals surface area contributed by atoms with E-state index in [9.17, 15) is 14.9 Å². The van der Waals surface area contributed by atoms with Crippen LogP contribution >= 0.6 is 12.2 Å². The number of nitro benzene ring substituents is 1. The van der Waals surface area contributed by atoms with E-state index in [-0.39, 0.29) is 16.5 Å². The van der Waals surface area contributed by atoms with Gasteiger partial charge in [0, 0.05) is 18.2 Å². The van der Waals surface area contributed by atoms with E-state index in [4.69, 9.17) is 21.7 Å². The molecule has 2 N–H and O–H groups in total. The number of ether oxygens (including phenoxy) is 2. The Bertz CT molecular complexity index is 897. The molecule has 0 aliphatic rings. The highest BCUT2D eigenvalue weighted by Crippen LogP contribution is 2.28. The van der Waals surface area contributed by atoms with Crippen LogP contribution in [0.1, 0.15) is 12.5 Å². The molecule has 0 aliphatic carbocycles. The first-order valence-corrected chi connectivity index (χ1v) is 8.69. The maximum atomic E-state index is 12.0. The summed E-state index contributed by atoms with van der Waals surface area (Å²) >= 11 is 5.09. The Morgan fingerprint density at radius 1 is 1.25 bits per heavy atom. The second kappa shape index (κ2) is 10.0. The average Bonchev–Trinajstić information content (AvgIpc) is 2.67.